The molecule has 13 heavy (non-hydrogen) atoms. The zero-order valence-electron chi connectivity index (χ0n) is 8.29. The highest BCUT2D eigenvalue weighted by Crippen LogP contribution is 2.27. The number of rotatable bonds is 4. The van der Waals surface area contributed by atoms with Crippen molar-refractivity contribution in [2.24, 2.45) is 5.92 Å². The molecule has 1 rings (SSSR count). The van der Waals surface area contributed by atoms with Crippen LogP contribution in [0.2, 0.25) is 0 Å². The summed E-state index contributed by atoms with van der Waals surface area (Å²) in [4.78, 5) is 10.9. The highest BCUT2D eigenvalue weighted by molar-refractivity contribution is 5.81. The second-order valence-corrected chi connectivity index (χ2v) is 3.54. The Labute approximate surface area is 80.0 Å². The molecule has 2 heteroatoms. The molecule has 0 heterocycles. The van der Waals surface area contributed by atoms with Gasteiger partial charge >= 0.3 is 5.97 Å². The molecule has 0 aromatic carbocycles. The molecule has 1 aliphatic carbocycles. The van der Waals surface area contributed by atoms with Crippen LogP contribution in [0.25, 0.3) is 0 Å². The van der Waals surface area contributed by atoms with Crippen LogP contribution in [0, 0.1) is 5.92 Å². The van der Waals surface area contributed by atoms with E-state index in [1.807, 2.05) is 13.0 Å². The number of allylic oxidation sites excluding steroid dienone is 1. The molecular formula is C11H18O2. The van der Waals surface area contributed by atoms with Gasteiger partial charge < -0.3 is 4.74 Å². The third kappa shape index (κ3) is 4.11. The van der Waals surface area contributed by atoms with Gasteiger partial charge in [-0.25, -0.2) is 4.79 Å². The van der Waals surface area contributed by atoms with Gasteiger partial charge in [0.25, 0.3) is 0 Å². The zero-order chi connectivity index (χ0) is 9.52. The van der Waals surface area contributed by atoms with Crippen LogP contribution in [0.1, 0.15) is 39.0 Å². The van der Waals surface area contributed by atoms with Crippen molar-refractivity contribution in [3.63, 3.8) is 0 Å². The van der Waals surface area contributed by atoms with E-state index in [4.69, 9.17) is 4.74 Å². The lowest BCUT2D eigenvalue weighted by molar-refractivity contribution is -0.137. The van der Waals surface area contributed by atoms with Crippen molar-refractivity contribution in [1.29, 1.82) is 0 Å². The Bertz CT molecular complexity index is 179. The molecule has 74 valence electrons. The Morgan fingerprint density at radius 2 is 2.15 bits per heavy atom. The van der Waals surface area contributed by atoms with E-state index in [-0.39, 0.29) is 5.97 Å². The van der Waals surface area contributed by atoms with E-state index in [0.717, 1.165) is 12.3 Å². The first kappa shape index (κ1) is 10.3. The van der Waals surface area contributed by atoms with Gasteiger partial charge in [-0.15, -0.1) is 0 Å². The normalized spacial score (nSPS) is 18.2. The molecule has 0 amide bonds. The Hall–Kier alpha value is -0.790. The van der Waals surface area contributed by atoms with Crippen molar-refractivity contribution in [3.8, 4) is 0 Å². The Morgan fingerprint density at radius 3 is 2.77 bits per heavy atom. The average molecular weight is 182 g/mol. The van der Waals surface area contributed by atoms with Crippen molar-refractivity contribution in [2.45, 2.75) is 39.0 Å². The first-order valence-electron chi connectivity index (χ1n) is 5.16. The number of ether oxygens (including phenoxy) is 1. The monoisotopic (exact) mass is 182 g/mol. The fourth-order valence-corrected chi connectivity index (χ4v) is 1.79. The van der Waals surface area contributed by atoms with Crippen molar-refractivity contribution < 1.29 is 9.53 Å². The van der Waals surface area contributed by atoms with Gasteiger partial charge in [-0.05, 0) is 19.3 Å². The van der Waals surface area contributed by atoms with Gasteiger partial charge in [0, 0.05) is 6.08 Å². The van der Waals surface area contributed by atoms with Crippen LogP contribution in [0.3, 0.4) is 0 Å². The topological polar surface area (TPSA) is 26.3 Å². The summed E-state index contributed by atoms with van der Waals surface area (Å²) in [5.74, 6) is 0.603. The summed E-state index contributed by atoms with van der Waals surface area (Å²) in [6, 6.07) is 0. The van der Waals surface area contributed by atoms with Crippen LogP contribution >= 0.6 is 0 Å². The fraction of sp³-hybridized carbons (Fsp3) is 0.727. The van der Waals surface area contributed by atoms with Crippen LogP contribution in [0.15, 0.2) is 12.2 Å². The quantitative estimate of drug-likeness (QED) is 0.493. The molecule has 0 radical (unpaired) electrons. The molecule has 0 spiro atoms. The van der Waals surface area contributed by atoms with E-state index >= 15 is 0 Å². The summed E-state index contributed by atoms with van der Waals surface area (Å²) in [7, 11) is 0. The number of carbonyl (C=O) groups excluding carboxylic acids is 1. The fourth-order valence-electron chi connectivity index (χ4n) is 1.79. The van der Waals surface area contributed by atoms with E-state index in [1.165, 1.54) is 25.7 Å². The molecule has 0 aromatic heterocycles. The molecule has 0 atom stereocenters. The molecule has 0 saturated heterocycles. The number of carbonyl (C=O) groups is 1. The Balaban J connectivity index is 2.12. The standard InChI is InChI=1S/C11H18O2/c1-2-13-11(12)9-5-8-10-6-3-4-7-10/h5,9-10H,2-4,6-8H2,1H3. The highest BCUT2D eigenvalue weighted by Gasteiger charge is 2.12. The Morgan fingerprint density at radius 1 is 1.46 bits per heavy atom. The SMILES string of the molecule is CCOC(=O)C=CCC1CCCC1. The second kappa shape index (κ2) is 5.79. The summed E-state index contributed by atoms with van der Waals surface area (Å²) in [5, 5.41) is 0. The van der Waals surface area contributed by atoms with E-state index in [9.17, 15) is 4.79 Å². The maximum Gasteiger partial charge on any atom is 0.330 e. The van der Waals surface area contributed by atoms with Gasteiger partial charge in [0.15, 0.2) is 0 Å². The van der Waals surface area contributed by atoms with Gasteiger partial charge in [0.05, 0.1) is 6.61 Å². The van der Waals surface area contributed by atoms with Gasteiger partial charge in [-0.2, -0.15) is 0 Å². The van der Waals surface area contributed by atoms with Crippen LogP contribution in [-0.4, -0.2) is 12.6 Å². The van der Waals surface area contributed by atoms with Gasteiger partial charge in [-0.1, -0.05) is 31.8 Å². The lowest BCUT2D eigenvalue weighted by Gasteiger charge is -2.02. The average Bonchev–Trinajstić information content (AvgIpc) is 2.57. The maximum atomic E-state index is 10.9. The van der Waals surface area contributed by atoms with Gasteiger partial charge in [0.2, 0.25) is 0 Å². The van der Waals surface area contributed by atoms with Crippen LogP contribution in [0.4, 0.5) is 0 Å². The van der Waals surface area contributed by atoms with Gasteiger partial charge in [0.1, 0.15) is 0 Å². The summed E-state index contributed by atoms with van der Waals surface area (Å²) >= 11 is 0. The molecule has 1 fully saturated rings. The maximum absolute atomic E-state index is 10.9. The third-order valence-electron chi connectivity index (χ3n) is 2.48. The first-order chi connectivity index (χ1) is 6.33. The second-order valence-electron chi connectivity index (χ2n) is 3.54. The third-order valence-corrected chi connectivity index (χ3v) is 2.48. The molecule has 0 N–H and O–H groups in total. The largest absolute Gasteiger partial charge is 0.463 e. The number of esters is 1. The van der Waals surface area contributed by atoms with Crippen LogP contribution in [-0.2, 0) is 9.53 Å². The summed E-state index contributed by atoms with van der Waals surface area (Å²) < 4.78 is 4.78. The van der Waals surface area contributed by atoms with E-state index < -0.39 is 0 Å². The van der Waals surface area contributed by atoms with Gasteiger partial charge in [-0.3, -0.25) is 0 Å². The summed E-state index contributed by atoms with van der Waals surface area (Å²) in [6.07, 6.45) is 9.92. The lowest BCUT2D eigenvalue weighted by Crippen LogP contribution is -1.99. The molecule has 2 nitrogen and oxygen atoms in total. The minimum absolute atomic E-state index is 0.208. The molecule has 0 bridgehead atoms. The van der Waals surface area contributed by atoms with E-state index in [2.05, 4.69) is 0 Å². The van der Waals surface area contributed by atoms with Crippen molar-refractivity contribution in [1.82, 2.24) is 0 Å². The Kier molecular flexibility index (Phi) is 4.58. The minimum Gasteiger partial charge on any atom is -0.463 e. The zero-order valence-corrected chi connectivity index (χ0v) is 8.29. The van der Waals surface area contributed by atoms with E-state index in [1.54, 1.807) is 6.08 Å². The molecule has 0 unspecified atom stereocenters. The van der Waals surface area contributed by atoms with Crippen LogP contribution < -0.4 is 0 Å². The molecule has 1 aliphatic rings. The summed E-state index contributed by atoms with van der Waals surface area (Å²) in [6.45, 7) is 2.29. The predicted molar refractivity (Wildman–Crippen MR) is 52.3 cm³/mol. The number of hydrogen-bond acceptors (Lipinski definition) is 2. The van der Waals surface area contributed by atoms with Crippen molar-refractivity contribution in [2.75, 3.05) is 6.61 Å². The molecular weight excluding hydrogens is 164 g/mol. The molecule has 0 aromatic rings. The highest BCUT2D eigenvalue weighted by atomic mass is 16.5. The molecule has 1 saturated carbocycles. The van der Waals surface area contributed by atoms with Crippen molar-refractivity contribution >= 4 is 5.97 Å². The molecule has 0 aliphatic heterocycles. The minimum atomic E-state index is -0.208. The summed E-state index contributed by atoms with van der Waals surface area (Å²) in [5.41, 5.74) is 0. The van der Waals surface area contributed by atoms with Crippen molar-refractivity contribution in [3.05, 3.63) is 12.2 Å². The van der Waals surface area contributed by atoms with E-state index in [0.29, 0.717) is 6.61 Å². The predicted octanol–water partition coefficient (Wildman–Crippen LogP) is 2.69. The number of hydrogen-bond donors (Lipinski definition) is 0. The van der Waals surface area contributed by atoms with Crippen LogP contribution in [0.5, 0.6) is 0 Å². The smallest absolute Gasteiger partial charge is 0.330 e. The lowest BCUT2D eigenvalue weighted by atomic mass is 10.0. The first-order valence-corrected chi connectivity index (χ1v) is 5.16.